The molecule has 0 spiro atoms. The minimum absolute atomic E-state index is 0.160. The predicted octanol–water partition coefficient (Wildman–Crippen LogP) is 3.52. The largest absolute Gasteiger partial charge is 0.351 e. The second-order valence-electron chi connectivity index (χ2n) is 5.19. The van der Waals surface area contributed by atoms with Gasteiger partial charge in [0, 0.05) is 23.3 Å². The second-order valence-corrected chi connectivity index (χ2v) is 5.62. The van der Waals surface area contributed by atoms with E-state index in [0.29, 0.717) is 17.3 Å². The SMILES string of the molecule is N#CCC(=O)NCc1ccc(NC(=O)/C=C/c2cccc(Cl)c2)cc1. The summed E-state index contributed by atoms with van der Waals surface area (Å²) in [6.07, 6.45) is 2.95. The van der Waals surface area contributed by atoms with Gasteiger partial charge in [-0.15, -0.1) is 0 Å². The number of benzene rings is 2. The van der Waals surface area contributed by atoms with Crippen LogP contribution in [0.1, 0.15) is 17.5 Å². The zero-order chi connectivity index (χ0) is 18.1. The first-order valence-corrected chi connectivity index (χ1v) is 7.92. The number of anilines is 1. The van der Waals surface area contributed by atoms with E-state index < -0.39 is 0 Å². The molecule has 2 aromatic carbocycles. The zero-order valence-electron chi connectivity index (χ0n) is 13.3. The lowest BCUT2D eigenvalue weighted by Crippen LogP contribution is -2.21. The lowest BCUT2D eigenvalue weighted by atomic mass is 10.2. The van der Waals surface area contributed by atoms with Gasteiger partial charge in [0.05, 0.1) is 6.07 Å². The number of hydrogen-bond donors (Lipinski definition) is 2. The first-order valence-electron chi connectivity index (χ1n) is 7.54. The third kappa shape index (κ3) is 6.50. The first kappa shape index (κ1) is 18.2. The Morgan fingerprint density at radius 3 is 2.60 bits per heavy atom. The molecule has 0 radical (unpaired) electrons. The maximum atomic E-state index is 11.9. The predicted molar refractivity (Wildman–Crippen MR) is 97.6 cm³/mol. The summed E-state index contributed by atoms with van der Waals surface area (Å²) < 4.78 is 0. The van der Waals surface area contributed by atoms with Gasteiger partial charge in [-0.2, -0.15) is 5.26 Å². The average Bonchev–Trinajstić information content (AvgIpc) is 2.60. The third-order valence-electron chi connectivity index (χ3n) is 3.23. The molecule has 5 nitrogen and oxygen atoms in total. The molecule has 0 saturated heterocycles. The van der Waals surface area contributed by atoms with E-state index in [0.717, 1.165) is 11.1 Å². The summed E-state index contributed by atoms with van der Waals surface area (Å²) >= 11 is 5.89. The van der Waals surface area contributed by atoms with E-state index in [1.54, 1.807) is 48.5 Å². The van der Waals surface area contributed by atoms with Crippen LogP contribution >= 0.6 is 11.6 Å². The lowest BCUT2D eigenvalue weighted by Gasteiger charge is -2.06. The molecule has 2 aromatic rings. The van der Waals surface area contributed by atoms with Gasteiger partial charge in [-0.25, -0.2) is 0 Å². The summed E-state index contributed by atoms with van der Waals surface area (Å²) in [5, 5.41) is 14.4. The molecule has 0 aliphatic heterocycles. The Balaban J connectivity index is 1.87. The van der Waals surface area contributed by atoms with E-state index >= 15 is 0 Å². The number of hydrogen-bond acceptors (Lipinski definition) is 3. The first-order chi connectivity index (χ1) is 12.1. The molecule has 6 heteroatoms. The Hall–Kier alpha value is -3.10. The van der Waals surface area contributed by atoms with Gasteiger partial charge in [-0.1, -0.05) is 35.9 Å². The quantitative estimate of drug-likeness (QED) is 0.779. The molecule has 126 valence electrons. The monoisotopic (exact) mass is 353 g/mol. The van der Waals surface area contributed by atoms with Crippen LogP contribution in [0, 0.1) is 11.3 Å². The summed E-state index contributed by atoms with van der Waals surface area (Å²) in [5.74, 6) is -0.568. The van der Waals surface area contributed by atoms with Crippen LogP contribution in [-0.2, 0) is 16.1 Å². The fourth-order valence-electron chi connectivity index (χ4n) is 2.01. The standard InChI is InChI=1S/C19H16ClN3O2/c20-16-3-1-2-14(12-16)6-9-19(25)23-17-7-4-15(5-8-17)13-22-18(24)10-11-21/h1-9,12H,10,13H2,(H,22,24)(H,23,25)/b9-6+. The molecular formula is C19H16ClN3O2. The zero-order valence-corrected chi connectivity index (χ0v) is 14.1. The highest BCUT2D eigenvalue weighted by molar-refractivity contribution is 6.30. The molecular weight excluding hydrogens is 338 g/mol. The Morgan fingerprint density at radius 2 is 1.92 bits per heavy atom. The molecule has 2 rings (SSSR count). The number of amides is 2. The summed E-state index contributed by atoms with van der Waals surface area (Å²) in [5.41, 5.74) is 2.36. The van der Waals surface area contributed by atoms with E-state index in [4.69, 9.17) is 16.9 Å². The number of halogens is 1. The van der Waals surface area contributed by atoms with Crippen LogP contribution in [0.2, 0.25) is 5.02 Å². The number of nitrogens with zero attached hydrogens (tertiary/aromatic N) is 1. The van der Waals surface area contributed by atoms with Gasteiger partial charge in [-0.05, 0) is 41.5 Å². The van der Waals surface area contributed by atoms with Crippen LogP contribution in [-0.4, -0.2) is 11.8 Å². The third-order valence-corrected chi connectivity index (χ3v) is 3.46. The molecule has 0 atom stereocenters. The summed E-state index contributed by atoms with van der Waals surface area (Å²) in [6.45, 7) is 0.337. The van der Waals surface area contributed by atoms with Crippen LogP contribution in [0.25, 0.3) is 6.08 Å². The molecule has 2 amide bonds. The van der Waals surface area contributed by atoms with Crippen LogP contribution in [0.5, 0.6) is 0 Å². The normalized spacial score (nSPS) is 10.2. The minimum Gasteiger partial charge on any atom is -0.351 e. The maximum Gasteiger partial charge on any atom is 0.248 e. The van der Waals surface area contributed by atoms with Crippen molar-refractivity contribution < 1.29 is 9.59 Å². The molecule has 0 aliphatic carbocycles. The highest BCUT2D eigenvalue weighted by atomic mass is 35.5. The topological polar surface area (TPSA) is 82.0 Å². The Labute approximate surface area is 150 Å². The van der Waals surface area contributed by atoms with Crippen LogP contribution in [0.4, 0.5) is 5.69 Å². The van der Waals surface area contributed by atoms with Gasteiger partial charge in [-0.3, -0.25) is 9.59 Å². The average molecular weight is 354 g/mol. The Kier molecular flexibility index (Phi) is 6.76. The maximum absolute atomic E-state index is 11.9. The van der Waals surface area contributed by atoms with Crippen molar-refractivity contribution in [3.8, 4) is 6.07 Å². The molecule has 0 unspecified atom stereocenters. The van der Waals surface area contributed by atoms with Gasteiger partial charge in [0.1, 0.15) is 6.42 Å². The minimum atomic E-state index is -0.314. The van der Waals surface area contributed by atoms with E-state index in [-0.39, 0.29) is 18.2 Å². The number of rotatable bonds is 6. The van der Waals surface area contributed by atoms with Gasteiger partial charge in [0.15, 0.2) is 0 Å². The van der Waals surface area contributed by atoms with Crippen molar-refractivity contribution in [2.75, 3.05) is 5.32 Å². The molecule has 0 aromatic heterocycles. The molecule has 0 bridgehead atoms. The molecule has 0 aliphatic rings. The van der Waals surface area contributed by atoms with E-state index in [9.17, 15) is 9.59 Å². The fourth-order valence-corrected chi connectivity index (χ4v) is 2.21. The van der Waals surface area contributed by atoms with Crippen molar-refractivity contribution in [1.29, 1.82) is 5.26 Å². The summed E-state index contributed by atoms with van der Waals surface area (Å²) in [7, 11) is 0. The number of carbonyl (C=O) groups is 2. The number of nitrogens with one attached hydrogen (secondary N) is 2. The molecule has 2 N–H and O–H groups in total. The van der Waals surface area contributed by atoms with Crippen molar-refractivity contribution in [3.63, 3.8) is 0 Å². The molecule has 0 fully saturated rings. The van der Waals surface area contributed by atoms with Crippen LogP contribution in [0.3, 0.4) is 0 Å². The van der Waals surface area contributed by atoms with Gasteiger partial charge >= 0.3 is 0 Å². The van der Waals surface area contributed by atoms with Crippen molar-refractivity contribution in [3.05, 3.63) is 70.8 Å². The van der Waals surface area contributed by atoms with Crippen molar-refractivity contribution >= 4 is 35.2 Å². The van der Waals surface area contributed by atoms with Gasteiger partial charge in [0.2, 0.25) is 11.8 Å². The molecule has 0 heterocycles. The number of carbonyl (C=O) groups excluding carboxylic acids is 2. The van der Waals surface area contributed by atoms with E-state index in [1.807, 2.05) is 12.1 Å². The van der Waals surface area contributed by atoms with Gasteiger partial charge < -0.3 is 10.6 Å². The smallest absolute Gasteiger partial charge is 0.248 e. The second kappa shape index (κ2) is 9.26. The van der Waals surface area contributed by atoms with Crippen LogP contribution < -0.4 is 10.6 Å². The van der Waals surface area contributed by atoms with Crippen molar-refractivity contribution in [2.24, 2.45) is 0 Å². The summed E-state index contributed by atoms with van der Waals surface area (Å²) in [6, 6.07) is 16.1. The van der Waals surface area contributed by atoms with E-state index in [1.165, 1.54) is 6.08 Å². The summed E-state index contributed by atoms with van der Waals surface area (Å²) in [4.78, 5) is 23.2. The Bertz CT molecular complexity index is 823. The van der Waals surface area contributed by atoms with Crippen LogP contribution in [0.15, 0.2) is 54.6 Å². The number of nitriles is 1. The fraction of sp³-hybridized carbons (Fsp3) is 0.105. The Morgan fingerprint density at radius 1 is 1.16 bits per heavy atom. The van der Waals surface area contributed by atoms with E-state index in [2.05, 4.69) is 10.6 Å². The van der Waals surface area contributed by atoms with Crippen molar-refractivity contribution in [1.82, 2.24) is 5.32 Å². The van der Waals surface area contributed by atoms with Crippen molar-refractivity contribution in [2.45, 2.75) is 13.0 Å². The molecule has 0 saturated carbocycles. The molecule has 25 heavy (non-hydrogen) atoms. The highest BCUT2D eigenvalue weighted by Gasteiger charge is 2.01. The van der Waals surface area contributed by atoms with Gasteiger partial charge in [0.25, 0.3) is 0 Å². The highest BCUT2D eigenvalue weighted by Crippen LogP contribution is 2.13. The lowest BCUT2D eigenvalue weighted by molar-refractivity contribution is -0.120.